The summed E-state index contributed by atoms with van der Waals surface area (Å²) in [6, 6.07) is 7.48. The molecule has 5 heteroatoms. The molecule has 0 unspecified atom stereocenters. The molecule has 0 saturated heterocycles. The Bertz CT molecular complexity index is 365. The average molecular weight is 288 g/mol. The summed E-state index contributed by atoms with van der Waals surface area (Å²) >= 11 is 5.53. The minimum Gasteiger partial charge on any atom is -0.497 e. The molecule has 0 aromatic heterocycles. The summed E-state index contributed by atoms with van der Waals surface area (Å²) in [6.07, 6.45) is 0. The van der Waals surface area contributed by atoms with Crippen molar-refractivity contribution in [2.45, 2.75) is 32.2 Å². The monoisotopic (exact) mass is 287 g/mol. The summed E-state index contributed by atoms with van der Waals surface area (Å²) in [5.74, 6) is -0.0505. The standard InChI is InChI=1S/C10H13NO3.C4H9Cl/c1-14-9-4-2-8(3-5-9)6-11-7-10(12)13;1-4(2,3)5/h2-5,11H,6-7H2,1H3,(H,12,13);1-3H3. The van der Waals surface area contributed by atoms with Gasteiger partial charge in [0.2, 0.25) is 0 Å². The molecular weight excluding hydrogens is 266 g/mol. The summed E-state index contributed by atoms with van der Waals surface area (Å²) in [4.78, 5) is 10.2. The number of methoxy groups -OCH3 is 1. The molecule has 0 radical (unpaired) electrons. The molecule has 1 rings (SSSR count). The first kappa shape index (κ1) is 17.7. The van der Waals surface area contributed by atoms with Crippen molar-refractivity contribution in [3.05, 3.63) is 29.8 Å². The Morgan fingerprint density at radius 2 is 1.79 bits per heavy atom. The second-order valence-electron chi connectivity index (χ2n) is 4.91. The Hall–Kier alpha value is -1.26. The van der Waals surface area contributed by atoms with Gasteiger partial charge < -0.3 is 15.2 Å². The van der Waals surface area contributed by atoms with E-state index < -0.39 is 5.97 Å². The number of alkyl halides is 1. The van der Waals surface area contributed by atoms with Gasteiger partial charge >= 0.3 is 5.97 Å². The van der Waals surface area contributed by atoms with E-state index in [0.717, 1.165) is 11.3 Å². The van der Waals surface area contributed by atoms with Crippen LogP contribution >= 0.6 is 11.6 Å². The van der Waals surface area contributed by atoms with E-state index in [1.165, 1.54) is 0 Å². The van der Waals surface area contributed by atoms with E-state index in [9.17, 15) is 4.79 Å². The second kappa shape index (κ2) is 8.77. The zero-order valence-corrected chi connectivity index (χ0v) is 12.6. The van der Waals surface area contributed by atoms with E-state index in [4.69, 9.17) is 21.4 Å². The molecular formula is C14H22ClNO3. The largest absolute Gasteiger partial charge is 0.497 e. The predicted molar refractivity (Wildman–Crippen MR) is 77.9 cm³/mol. The fraction of sp³-hybridized carbons (Fsp3) is 0.500. The SMILES string of the molecule is CC(C)(C)Cl.COc1ccc(CNCC(=O)O)cc1. The summed E-state index contributed by atoms with van der Waals surface area (Å²) in [7, 11) is 1.61. The van der Waals surface area contributed by atoms with E-state index in [-0.39, 0.29) is 11.4 Å². The Morgan fingerprint density at radius 1 is 1.32 bits per heavy atom. The fourth-order valence-electron chi connectivity index (χ4n) is 1.06. The van der Waals surface area contributed by atoms with E-state index in [1.807, 2.05) is 45.0 Å². The number of carboxylic acid groups (broad SMARTS) is 1. The molecule has 2 N–H and O–H groups in total. The lowest BCUT2D eigenvalue weighted by Crippen LogP contribution is -2.21. The zero-order chi connectivity index (χ0) is 14.9. The van der Waals surface area contributed by atoms with Gasteiger partial charge in [-0.15, -0.1) is 11.6 Å². The molecule has 0 aliphatic rings. The van der Waals surface area contributed by atoms with Gasteiger partial charge in [-0.25, -0.2) is 0 Å². The number of ether oxygens (including phenoxy) is 1. The molecule has 4 nitrogen and oxygen atoms in total. The van der Waals surface area contributed by atoms with Crippen molar-refractivity contribution in [1.82, 2.24) is 5.32 Å². The van der Waals surface area contributed by atoms with E-state index >= 15 is 0 Å². The van der Waals surface area contributed by atoms with Crippen LogP contribution in [0.25, 0.3) is 0 Å². The van der Waals surface area contributed by atoms with Gasteiger partial charge in [-0.3, -0.25) is 4.79 Å². The molecule has 1 aromatic rings. The molecule has 0 bridgehead atoms. The number of halogens is 1. The van der Waals surface area contributed by atoms with Crippen molar-refractivity contribution in [3.63, 3.8) is 0 Å². The maximum absolute atomic E-state index is 10.2. The lowest BCUT2D eigenvalue weighted by atomic mass is 10.2. The fourth-order valence-corrected chi connectivity index (χ4v) is 1.06. The van der Waals surface area contributed by atoms with Crippen molar-refractivity contribution in [3.8, 4) is 5.75 Å². The quantitative estimate of drug-likeness (QED) is 0.818. The van der Waals surface area contributed by atoms with Crippen LogP contribution in [0.5, 0.6) is 5.75 Å². The van der Waals surface area contributed by atoms with E-state index in [1.54, 1.807) is 7.11 Å². The normalized spacial score (nSPS) is 10.4. The highest BCUT2D eigenvalue weighted by atomic mass is 35.5. The van der Waals surface area contributed by atoms with Gasteiger partial charge in [-0.1, -0.05) is 12.1 Å². The number of carbonyl (C=O) groups is 1. The third-order valence-corrected chi connectivity index (χ3v) is 1.76. The van der Waals surface area contributed by atoms with Gasteiger partial charge in [0.1, 0.15) is 5.75 Å². The maximum Gasteiger partial charge on any atom is 0.317 e. The lowest BCUT2D eigenvalue weighted by Gasteiger charge is -2.03. The van der Waals surface area contributed by atoms with Crippen LogP contribution in [-0.2, 0) is 11.3 Å². The predicted octanol–water partition coefficient (Wildman–Crippen LogP) is 2.89. The molecule has 19 heavy (non-hydrogen) atoms. The van der Waals surface area contributed by atoms with Gasteiger partial charge in [0.05, 0.1) is 13.7 Å². The maximum atomic E-state index is 10.2. The third kappa shape index (κ3) is 13.0. The van der Waals surface area contributed by atoms with Crippen LogP contribution in [0.15, 0.2) is 24.3 Å². The highest BCUT2D eigenvalue weighted by Gasteiger charge is 1.99. The van der Waals surface area contributed by atoms with Crippen molar-refractivity contribution in [2.24, 2.45) is 0 Å². The molecule has 0 saturated carbocycles. The molecule has 0 atom stereocenters. The van der Waals surface area contributed by atoms with Crippen LogP contribution in [-0.4, -0.2) is 29.6 Å². The molecule has 0 aliphatic heterocycles. The number of nitrogens with one attached hydrogen (secondary N) is 1. The van der Waals surface area contributed by atoms with Gasteiger partial charge in [0, 0.05) is 11.4 Å². The lowest BCUT2D eigenvalue weighted by molar-refractivity contribution is -0.135. The molecule has 0 spiro atoms. The molecule has 1 aromatic carbocycles. The number of carboxylic acids is 1. The van der Waals surface area contributed by atoms with Crippen LogP contribution in [0.4, 0.5) is 0 Å². The second-order valence-corrected chi connectivity index (χ2v) is 6.05. The molecule has 108 valence electrons. The highest BCUT2D eigenvalue weighted by Crippen LogP contribution is 2.10. The average Bonchev–Trinajstić information content (AvgIpc) is 2.27. The number of hydrogen-bond acceptors (Lipinski definition) is 3. The van der Waals surface area contributed by atoms with Crippen LogP contribution < -0.4 is 10.1 Å². The third-order valence-electron chi connectivity index (χ3n) is 1.76. The van der Waals surface area contributed by atoms with Gasteiger partial charge in [-0.05, 0) is 38.5 Å². The van der Waals surface area contributed by atoms with Crippen molar-refractivity contribution in [2.75, 3.05) is 13.7 Å². The molecule has 0 amide bonds. The van der Waals surface area contributed by atoms with E-state index in [2.05, 4.69) is 5.32 Å². The van der Waals surface area contributed by atoms with Crippen molar-refractivity contribution >= 4 is 17.6 Å². The van der Waals surface area contributed by atoms with Gasteiger partial charge in [0.25, 0.3) is 0 Å². The summed E-state index contributed by atoms with van der Waals surface area (Å²) < 4.78 is 5.00. The highest BCUT2D eigenvalue weighted by molar-refractivity contribution is 6.23. The van der Waals surface area contributed by atoms with Crippen LogP contribution in [0, 0.1) is 0 Å². The molecule has 0 fully saturated rings. The molecule has 0 heterocycles. The van der Waals surface area contributed by atoms with Crippen LogP contribution in [0.1, 0.15) is 26.3 Å². The van der Waals surface area contributed by atoms with Gasteiger partial charge in [0.15, 0.2) is 0 Å². The first-order valence-corrected chi connectivity index (χ1v) is 6.34. The Balaban J connectivity index is 0.000000555. The first-order chi connectivity index (χ1) is 8.72. The molecule has 0 aliphatic carbocycles. The number of benzene rings is 1. The first-order valence-electron chi connectivity index (χ1n) is 5.96. The smallest absolute Gasteiger partial charge is 0.317 e. The van der Waals surface area contributed by atoms with Crippen LogP contribution in [0.2, 0.25) is 0 Å². The number of rotatable bonds is 5. The topological polar surface area (TPSA) is 58.6 Å². The Morgan fingerprint density at radius 3 is 2.16 bits per heavy atom. The summed E-state index contributed by atoms with van der Waals surface area (Å²) in [5, 5.41) is 11.2. The van der Waals surface area contributed by atoms with Crippen molar-refractivity contribution in [1.29, 1.82) is 0 Å². The minimum absolute atomic E-state index is 0.0218. The van der Waals surface area contributed by atoms with Gasteiger partial charge in [-0.2, -0.15) is 0 Å². The van der Waals surface area contributed by atoms with Crippen molar-refractivity contribution < 1.29 is 14.6 Å². The Kier molecular flexibility index (Phi) is 8.19. The minimum atomic E-state index is -0.849. The number of hydrogen-bond donors (Lipinski definition) is 2. The van der Waals surface area contributed by atoms with Crippen LogP contribution in [0.3, 0.4) is 0 Å². The summed E-state index contributed by atoms with van der Waals surface area (Å²) in [5.41, 5.74) is 1.03. The number of aliphatic carboxylic acids is 1. The van der Waals surface area contributed by atoms with E-state index in [0.29, 0.717) is 6.54 Å². The summed E-state index contributed by atoms with van der Waals surface area (Å²) in [6.45, 7) is 6.39. The zero-order valence-electron chi connectivity index (χ0n) is 11.9. The Labute approximate surface area is 119 Å².